The smallest absolute Gasteiger partial charge is 0.136 e. The van der Waals surface area contributed by atoms with Gasteiger partial charge in [0, 0.05) is 18.9 Å². The zero-order valence-corrected chi connectivity index (χ0v) is 11.1. The first-order chi connectivity index (χ1) is 7.34. The van der Waals surface area contributed by atoms with Gasteiger partial charge in [0.25, 0.3) is 0 Å². The van der Waals surface area contributed by atoms with E-state index in [2.05, 4.69) is 20.8 Å². The van der Waals surface area contributed by atoms with Crippen LogP contribution in [-0.2, 0) is 4.79 Å². The Labute approximate surface area is 99.4 Å². The van der Waals surface area contributed by atoms with Crippen LogP contribution in [0.4, 0.5) is 0 Å². The second kappa shape index (κ2) is 5.31. The van der Waals surface area contributed by atoms with Gasteiger partial charge in [0.05, 0.1) is 0 Å². The molecule has 2 heteroatoms. The summed E-state index contributed by atoms with van der Waals surface area (Å²) in [6, 6.07) is 0. The van der Waals surface area contributed by atoms with Crippen LogP contribution >= 0.6 is 0 Å². The number of carbonyl (C=O) groups is 1. The Hall–Kier alpha value is -0.370. The number of aliphatic hydroxyl groups excluding tert-OH is 1. The molecule has 0 aliphatic heterocycles. The molecule has 0 heterocycles. The Morgan fingerprint density at radius 3 is 2.56 bits per heavy atom. The van der Waals surface area contributed by atoms with E-state index in [0.29, 0.717) is 17.1 Å². The first kappa shape index (κ1) is 13.7. The van der Waals surface area contributed by atoms with E-state index < -0.39 is 0 Å². The van der Waals surface area contributed by atoms with Gasteiger partial charge in [-0.05, 0) is 36.5 Å². The number of aliphatic hydroxyl groups is 1. The van der Waals surface area contributed by atoms with Crippen molar-refractivity contribution in [1.29, 1.82) is 0 Å². The predicted octanol–water partition coefficient (Wildman–Crippen LogP) is 3.04. The Kier molecular flexibility index (Phi) is 4.54. The van der Waals surface area contributed by atoms with Crippen molar-refractivity contribution in [2.45, 2.75) is 53.4 Å². The monoisotopic (exact) mass is 226 g/mol. The average Bonchev–Trinajstić information content (AvgIpc) is 2.19. The lowest BCUT2D eigenvalue weighted by atomic mass is 9.67. The van der Waals surface area contributed by atoms with Gasteiger partial charge in [-0.1, -0.05) is 27.7 Å². The molecule has 1 aliphatic rings. The summed E-state index contributed by atoms with van der Waals surface area (Å²) in [5.41, 5.74) is 0.307. The van der Waals surface area contributed by atoms with Crippen LogP contribution in [0.1, 0.15) is 53.4 Å². The molecular weight excluding hydrogens is 200 g/mol. The average molecular weight is 226 g/mol. The highest BCUT2D eigenvalue weighted by molar-refractivity contribution is 5.81. The fourth-order valence-electron chi connectivity index (χ4n) is 2.69. The van der Waals surface area contributed by atoms with E-state index in [1.807, 2.05) is 6.92 Å². The summed E-state index contributed by atoms with van der Waals surface area (Å²) in [6.45, 7) is 9.01. The lowest BCUT2D eigenvalue weighted by molar-refractivity contribution is -0.127. The molecule has 0 spiro atoms. The van der Waals surface area contributed by atoms with E-state index in [0.717, 1.165) is 25.7 Å². The number of rotatable bonds is 3. The summed E-state index contributed by atoms with van der Waals surface area (Å²) in [5.74, 6) is 1.52. The standard InChI is InChI=1S/C14H26O2/c1-10(9-15)7-11-8-12(14(2,3)4)5-6-13(11)16/h10-12,15H,5-9H2,1-4H3. The maximum atomic E-state index is 11.8. The molecule has 2 nitrogen and oxygen atoms in total. The molecular formula is C14H26O2. The Morgan fingerprint density at radius 2 is 2.06 bits per heavy atom. The third-order valence-corrected chi connectivity index (χ3v) is 3.99. The van der Waals surface area contributed by atoms with Crippen LogP contribution in [-0.4, -0.2) is 17.5 Å². The van der Waals surface area contributed by atoms with Crippen LogP contribution in [0.25, 0.3) is 0 Å². The molecule has 0 aromatic rings. The van der Waals surface area contributed by atoms with Gasteiger partial charge >= 0.3 is 0 Å². The molecule has 0 amide bonds. The van der Waals surface area contributed by atoms with Crippen molar-refractivity contribution in [3.8, 4) is 0 Å². The highest BCUT2D eigenvalue weighted by atomic mass is 16.3. The lowest BCUT2D eigenvalue weighted by Crippen LogP contribution is -2.33. The number of carbonyl (C=O) groups excluding carboxylic acids is 1. The van der Waals surface area contributed by atoms with E-state index in [4.69, 9.17) is 5.11 Å². The molecule has 1 aliphatic carbocycles. The van der Waals surface area contributed by atoms with Gasteiger partial charge in [0.2, 0.25) is 0 Å². The number of hydrogen-bond donors (Lipinski definition) is 1. The molecule has 3 unspecified atom stereocenters. The van der Waals surface area contributed by atoms with Crippen LogP contribution < -0.4 is 0 Å². The maximum Gasteiger partial charge on any atom is 0.136 e. The summed E-state index contributed by atoms with van der Waals surface area (Å²) in [5, 5.41) is 9.07. The Bertz CT molecular complexity index is 240. The fourth-order valence-corrected chi connectivity index (χ4v) is 2.69. The largest absolute Gasteiger partial charge is 0.396 e. The predicted molar refractivity (Wildman–Crippen MR) is 66.2 cm³/mol. The van der Waals surface area contributed by atoms with Crippen LogP contribution in [0.15, 0.2) is 0 Å². The van der Waals surface area contributed by atoms with Crippen LogP contribution in [0.2, 0.25) is 0 Å². The molecule has 0 saturated heterocycles. The van der Waals surface area contributed by atoms with Crippen molar-refractivity contribution in [2.24, 2.45) is 23.2 Å². The highest BCUT2D eigenvalue weighted by Gasteiger charge is 2.35. The second-order valence-corrected chi connectivity index (χ2v) is 6.52. The van der Waals surface area contributed by atoms with E-state index >= 15 is 0 Å². The third kappa shape index (κ3) is 3.58. The SMILES string of the molecule is CC(CO)CC1CC(C(C)(C)C)CCC1=O. The van der Waals surface area contributed by atoms with Crippen LogP contribution in [0, 0.1) is 23.2 Å². The Morgan fingerprint density at radius 1 is 1.44 bits per heavy atom. The van der Waals surface area contributed by atoms with Crippen LogP contribution in [0.5, 0.6) is 0 Å². The molecule has 1 rings (SSSR count). The lowest BCUT2D eigenvalue weighted by Gasteiger charge is -2.37. The van der Waals surface area contributed by atoms with Crippen molar-refractivity contribution in [2.75, 3.05) is 6.61 Å². The Balaban J connectivity index is 2.58. The van der Waals surface area contributed by atoms with Gasteiger partial charge < -0.3 is 5.11 Å². The topological polar surface area (TPSA) is 37.3 Å². The zero-order chi connectivity index (χ0) is 12.3. The molecule has 94 valence electrons. The van der Waals surface area contributed by atoms with E-state index in [9.17, 15) is 4.79 Å². The maximum absolute atomic E-state index is 11.8. The van der Waals surface area contributed by atoms with Crippen molar-refractivity contribution < 1.29 is 9.90 Å². The van der Waals surface area contributed by atoms with Gasteiger partial charge in [-0.15, -0.1) is 0 Å². The molecule has 16 heavy (non-hydrogen) atoms. The van der Waals surface area contributed by atoms with E-state index in [-0.39, 0.29) is 18.4 Å². The van der Waals surface area contributed by atoms with Gasteiger partial charge in [-0.25, -0.2) is 0 Å². The zero-order valence-electron chi connectivity index (χ0n) is 11.1. The molecule has 0 aromatic carbocycles. The third-order valence-electron chi connectivity index (χ3n) is 3.99. The second-order valence-electron chi connectivity index (χ2n) is 6.52. The summed E-state index contributed by atoms with van der Waals surface area (Å²) in [7, 11) is 0. The molecule has 0 aromatic heterocycles. The molecule has 3 atom stereocenters. The quantitative estimate of drug-likeness (QED) is 0.803. The molecule has 0 bridgehead atoms. The molecule has 0 radical (unpaired) electrons. The van der Waals surface area contributed by atoms with Crippen LogP contribution in [0.3, 0.4) is 0 Å². The summed E-state index contributed by atoms with van der Waals surface area (Å²) in [4.78, 5) is 11.8. The first-order valence-electron chi connectivity index (χ1n) is 6.48. The number of ketones is 1. The fraction of sp³-hybridized carbons (Fsp3) is 0.929. The number of hydrogen-bond acceptors (Lipinski definition) is 2. The van der Waals surface area contributed by atoms with Gasteiger partial charge in [0.15, 0.2) is 0 Å². The normalized spacial score (nSPS) is 29.2. The van der Waals surface area contributed by atoms with E-state index in [1.165, 1.54) is 0 Å². The van der Waals surface area contributed by atoms with E-state index in [1.54, 1.807) is 0 Å². The molecule has 1 fully saturated rings. The number of Topliss-reactive ketones (excluding diaryl/α,β-unsaturated/α-hetero) is 1. The highest BCUT2D eigenvalue weighted by Crippen LogP contribution is 2.40. The van der Waals surface area contributed by atoms with Crippen molar-refractivity contribution >= 4 is 5.78 Å². The molecule has 1 saturated carbocycles. The first-order valence-corrected chi connectivity index (χ1v) is 6.48. The minimum Gasteiger partial charge on any atom is -0.396 e. The minimum absolute atomic E-state index is 0.195. The van der Waals surface area contributed by atoms with Gasteiger partial charge in [0.1, 0.15) is 5.78 Å². The van der Waals surface area contributed by atoms with Gasteiger partial charge in [-0.3, -0.25) is 4.79 Å². The van der Waals surface area contributed by atoms with Crippen molar-refractivity contribution in [3.63, 3.8) is 0 Å². The summed E-state index contributed by atoms with van der Waals surface area (Å²) in [6.07, 6.45) is 3.67. The van der Waals surface area contributed by atoms with Crippen molar-refractivity contribution in [3.05, 3.63) is 0 Å². The minimum atomic E-state index is 0.195. The molecule has 1 N–H and O–H groups in total. The summed E-state index contributed by atoms with van der Waals surface area (Å²) < 4.78 is 0. The van der Waals surface area contributed by atoms with Gasteiger partial charge in [-0.2, -0.15) is 0 Å². The summed E-state index contributed by atoms with van der Waals surface area (Å²) >= 11 is 0. The van der Waals surface area contributed by atoms with Crippen molar-refractivity contribution in [1.82, 2.24) is 0 Å².